The van der Waals surface area contributed by atoms with Gasteiger partial charge in [-0.25, -0.2) is 9.97 Å². The van der Waals surface area contributed by atoms with Gasteiger partial charge in [0.05, 0.1) is 6.20 Å². The van der Waals surface area contributed by atoms with Crippen molar-refractivity contribution in [3.05, 3.63) is 33.9 Å². The molecule has 2 aromatic rings. The van der Waals surface area contributed by atoms with E-state index in [4.69, 9.17) is 0 Å². The number of piperidine rings is 1. The minimum atomic E-state index is -4.37. The van der Waals surface area contributed by atoms with Crippen molar-refractivity contribution in [2.24, 2.45) is 5.92 Å². The van der Waals surface area contributed by atoms with Crippen molar-refractivity contribution >= 4 is 44.1 Å². The van der Waals surface area contributed by atoms with Crippen LogP contribution in [0.15, 0.2) is 29.0 Å². The van der Waals surface area contributed by atoms with E-state index in [0.717, 1.165) is 10.7 Å². The monoisotopic (exact) mass is 434 g/mol. The topological polar surface area (TPSA) is 58.1 Å². The molecule has 10 heteroatoms. The summed E-state index contributed by atoms with van der Waals surface area (Å²) in [5.74, 6) is 0.165. The summed E-state index contributed by atoms with van der Waals surface area (Å²) in [7, 11) is 0. The van der Waals surface area contributed by atoms with E-state index in [9.17, 15) is 18.0 Å². The smallest absolute Gasteiger partial charge is 0.348 e. The Bertz CT molecular complexity index is 742. The number of thiazole rings is 1. The fourth-order valence-electron chi connectivity index (χ4n) is 2.55. The number of halogens is 4. The van der Waals surface area contributed by atoms with Crippen LogP contribution in [0, 0.1) is 5.92 Å². The SMILES string of the molecule is O=C(Nc1ccc(Br)cn1)C1CCN(c2ncc(C(F)(F)F)s2)CC1. The molecular weight excluding hydrogens is 421 g/mol. The molecule has 0 aliphatic carbocycles. The van der Waals surface area contributed by atoms with Crippen LogP contribution in [-0.2, 0) is 11.0 Å². The Morgan fingerprint density at radius 1 is 1.24 bits per heavy atom. The number of rotatable bonds is 3. The van der Waals surface area contributed by atoms with Gasteiger partial charge in [0.1, 0.15) is 10.7 Å². The minimum absolute atomic E-state index is 0.121. The maximum atomic E-state index is 12.7. The van der Waals surface area contributed by atoms with Crippen molar-refractivity contribution in [3.63, 3.8) is 0 Å². The largest absolute Gasteiger partial charge is 0.427 e. The molecule has 0 saturated carbocycles. The number of amides is 1. The highest BCUT2D eigenvalue weighted by molar-refractivity contribution is 9.10. The lowest BCUT2D eigenvalue weighted by Crippen LogP contribution is -2.38. The number of carbonyl (C=O) groups is 1. The first kappa shape index (κ1) is 18.1. The number of hydrogen-bond donors (Lipinski definition) is 1. The van der Waals surface area contributed by atoms with Crippen LogP contribution in [0.3, 0.4) is 0 Å². The molecule has 25 heavy (non-hydrogen) atoms. The fraction of sp³-hybridized carbons (Fsp3) is 0.400. The van der Waals surface area contributed by atoms with Crippen molar-refractivity contribution in [1.82, 2.24) is 9.97 Å². The van der Waals surface area contributed by atoms with E-state index >= 15 is 0 Å². The lowest BCUT2D eigenvalue weighted by atomic mass is 9.96. The summed E-state index contributed by atoms with van der Waals surface area (Å²) in [5.41, 5.74) is 0. The van der Waals surface area contributed by atoms with Crippen LogP contribution in [0.25, 0.3) is 0 Å². The molecule has 1 amide bonds. The van der Waals surface area contributed by atoms with Gasteiger partial charge in [-0.2, -0.15) is 13.2 Å². The highest BCUT2D eigenvalue weighted by atomic mass is 79.9. The normalized spacial score (nSPS) is 16.1. The highest BCUT2D eigenvalue weighted by Gasteiger charge is 2.34. The summed E-state index contributed by atoms with van der Waals surface area (Å²) >= 11 is 3.91. The number of nitrogens with one attached hydrogen (secondary N) is 1. The molecule has 134 valence electrons. The van der Waals surface area contributed by atoms with Gasteiger partial charge in [-0.15, -0.1) is 0 Å². The van der Waals surface area contributed by atoms with Crippen LogP contribution in [0.4, 0.5) is 24.1 Å². The van der Waals surface area contributed by atoms with E-state index in [0.29, 0.717) is 48.2 Å². The minimum Gasteiger partial charge on any atom is -0.348 e. The van der Waals surface area contributed by atoms with Gasteiger partial charge in [-0.1, -0.05) is 11.3 Å². The maximum absolute atomic E-state index is 12.7. The number of alkyl halides is 3. The van der Waals surface area contributed by atoms with Crippen molar-refractivity contribution in [2.75, 3.05) is 23.3 Å². The number of nitrogens with zero attached hydrogens (tertiary/aromatic N) is 3. The van der Waals surface area contributed by atoms with E-state index in [1.165, 1.54) is 0 Å². The third-order valence-corrected chi connectivity index (χ3v) is 5.46. The van der Waals surface area contributed by atoms with Gasteiger partial charge in [0, 0.05) is 29.7 Å². The molecule has 1 N–H and O–H groups in total. The quantitative estimate of drug-likeness (QED) is 0.787. The van der Waals surface area contributed by atoms with Gasteiger partial charge >= 0.3 is 6.18 Å². The van der Waals surface area contributed by atoms with E-state index in [1.807, 2.05) is 0 Å². The fourth-order valence-corrected chi connectivity index (χ4v) is 3.62. The molecule has 0 bridgehead atoms. The Morgan fingerprint density at radius 2 is 1.96 bits per heavy atom. The average molecular weight is 435 g/mol. The summed E-state index contributed by atoms with van der Waals surface area (Å²) in [4.78, 5) is 21.3. The van der Waals surface area contributed by atoms with Crippen LogP contribution in [0.1, 0.15) is 17.7 Å². The predicted octanol–water partition coefficient (Wildman–Crippen LogP) is 4.17. The summed E-state index contributed by atoms with van der Waals surface area (Å²) < 4.78 is 38.8. The molecule has 1 saturated heterocycles. The molecule has 3 rings (SSSR count). The number of anilines is 2. The Hall–Kier alpha value is -1.68. The second kappa shape index (κ2) is 7.28. The molecule has 1 fully saturated rings. The summed E-state index contributed by atoms with van der Waals surface area (Å²) in [6.45, 7) is 0.993. The molecule has 5 nitrogen and oxygen atoms in total. The van der Waals surface area contributed by atoms with Crippen LogP contribution in [0.5, 0.6) is 0 Å². The second-order valence-corrected chi connectivity index (χ2v) is 7.54. The Labute approximate surface area is 154 Å². The van der Waals surface area contributed by atoms with Crippen molar-refractivity contribution in [3.8, 4) is 0 Å². The Kier molecular flexibility index (Phi) is 5.28. The molecule has 0 unspecified atom stereocenters. The van der Waals surface area contributed by atoms with Crippen molar-refractivity contribution < 1.29 is 18.0 Å². The molecule has 0 atom stereocenters. The average Bonchev–Trinajstić information content (AvgIpc) is 3.07. The number of hydrogen-bond acceptors (Lipinski definition) is 5. The summed E-state index contributed by atoms with van der Waals surface area (Å²) in [6, 6.07) is 3.48. The molecule has 0 radical (unpaired) electrons. The zero-order chi connectivity index (χ0) is 18.0. The van der Waals surface area contributed by atoms with Gasteiger partial charge in [0.25, 0.3) is 0 Å². The van der Waals surface area contributed by atoms with Gasteiger partial charge in [-0.05, 0) is 40.9 Å². The van der Waals surface area contributed by atoms with Gasteiger partial charge in [0.2, 0.25) is 5.91 Å². The molecule has 3 heterocycles. The van der Waals surface area contributed by atoms with Crippen LogP contribution in [0.2, 0.25) is 0 Å². The maximum Gasteiger partial charge on any atom is 0.427 e. The number of aromatic nitrogens is 2. The predicted molar refractivity (Wildman–Crippen MR) is 92.6 cm³/mol. The van der Waals surface area contributed by atoms with Crippen LogP contribution in [-0.4, -0.2) is 29.0 Å². The molecule has 1 aliphatic heterocycles. The first-order chi connectivity index (χ1) is 11.8. The highest BCUT2D eigenvalue weighted by Crippen LogP contribution is 2.37. The molecular formula is C15H14BrF3N4OS. The van der Waals surface area contributed by atoms with Crippen LogP contribution < -0.4 is 10.2 Å². The van der Waals surface area contributed by atoms with Crippen molar-refractivity contribution in [1.29, 1.82) is 0 Å². The standard InChI is InChI=1S/C15H14BrF3N4OS/c16-10-1-2-12(20-7-10)22-13(24)9-3-5-23(6-4-9)14-21-8-11(25-14)15(17,18)19/h1-2,7-9H,3-6H2,(H,20,22,24). The third-order valence-electron chi connectivity index (χ3n) is 3.89. The van der Waals surface area contributed by atoms with Gasteiger partial charge in [-0.3, -0.25) is 4.79 Å². The lowest BCUT2D eigenvalue weighted by Gasteiger charge is -2.30. The zero-order valence-electron chi connectivity index (χ0n) is 12.9. The van der Waals surface area contributed by atoms with E-state index < -0.39 is 11.1 Å². The summed E-state index contributed by atoms with van der Waals surface area (Å²) in [6.07, 6.45) is -0.796. The molecule has 0 aromatic carbocycles. The lowest BCUT2D eigenvalue weighted by molar-refractivity contribution is -0.134. The first-order valence-electron chi connectivity index (χ1n) is 7.53. The van der Waals surface area contributed by atoms with Crippen LogP contribution >= 0.6 is 27.3 Å². The first-order valence-corrected chi connectivity index (χ1v) is 9.14. The van der Waals surface area contributed by atoms with E-state index in [-0.39, 0.29) is 11.8 Å². The second-order valence-electron chi connectivity index (χ2n) is 5.62. The van der Waals surface area contributed by atoms with Crippen molar-refractivity contribution in [2.45, 2.75) is 19.0 Å². The Balaban J connectivity index is 1.55. The summed E-state index contributed by atoms with van der Waals surface area (Å²) in [5, 5.41) is 3.11. The van der Waals surface area contributed by atoms with Gasteiger partial charge in [0.15, 0.2) is 5.13 Å². The number of carbonyl (C=O) groups excluding carboxylic acids is 1. The molecule has 0 spiro atoms. The number of pyridine rings is 1. The van der Waals surface area contributed by atoms with Gasteiger partial charge < -0.3 is 10.2 Å². The zero-order valence-corrected chi connectivity index (χ0v) is 15.3. The molecule has 2 aromatic heterocycles. The Morgan fingerprint density at radius 3 is 2.52 bits per heavy atom. The van der Waals surface area contributed by atoms with E-state index in [1.54, 1.807) is 23.2 Å². The molecule has 1 aliphatic rings. The third kappa shape index (κ3) is 4.49. The van der Waals surface area contributed by atoms with E-state index in [2.05, 4.69) is 31.2 Å².